The van der Waals surface area contributed by atoms with Crippen molar-refractivity contribution < 1.29 is 31.9 Å². The fourth-order valence-corrected chi connectivity index (χ4v) is 3.26. The zero-order chi connectivity index (χ0) is 25.2. The van der Waals surface area contributed by atoms with Crippen LogP contribution >= 0.6 is 0 Å². The number of alkyl halides is 3. The van der Waals surface area contributed by atoms with Gasteiger partial charge in [-0.1, -0.05) is 5.21 Å². The van der Waals surface area contributed by atoms with Crippen LogP contribution in [0, 0.1) is 6.92 Å². The zero-order valence-corrected chi connectivity index (χ0v) is 18.4. The second-order valence-corrected chi connectivity index (χ2v) is 7.28. The normalized spacial score (nSPS) is 11.2. The van der Waals surface area contributed by atoms with Crippen molar-refractivity contribution in [3.05, 3.63) is 83.6 Å². The van der Waals surface area contributed by atoms with Crippen molar-refractivity contribution in [1.29, 1.82) is 0 Å². The van der Waals surface area contributed by atoms with Crippen LogP contribution in [0.15, 0.2) is 65.3 Å². The van der Waals surface area contributed by atoms with E-state index < -0.39 is 29.2 Å². The lowest BCUT2D eigenvalue weighted by atomic mass is 10.1. The Morgan fingerprint density at radius 3 is 2.40 bits per heavy atom. The third-order valence-corrected chi connectivity index (χ3v) is 5.00. The highest BCUT2D eigenvalue weighted by molar-refractivity contribution is 6.05. The maximum atomic E-state index is 13.7. The van der Waals surface area contributed by atoms with E-state index in [1.165, 1.54) is 36.3 Å². The number of anilines is 2. The lowest BCUT2D eigenvalue weighted by molar-refractivity contribution is -0.136. The van der Waals surface area contributed by atoms with Crippen molar-refractivity contribution in [2.24, 2.45) is 0 Å². The van der Waals surface area contributed by atoms with Gasteiger partial charge in [0.2, 0.25) is 0 Å². The number of amides is 2. The monoisotopic (exact) mass is 485 g/mol. The van der Waals surface area contributed by atoms with E-state index in [1.54, 1.807) is 31.2 Å². The number of ether oxygens (including phenoxy) is 1. The van der Waals surface area contributed by atoms with Gasteiger partial charge in [-0.2, -0.15) is 13.2 Å². The molecule has 12 heteroatoms. The fourth-order valence-electron chi connectivity index (χ4n) is 3.26. The van der Waals surface area contributed by atoms with Crippen LogP contribution in [0.5, 0.6) is 5.75 Å². The number of nitrogens with one attached hydrogen (secondary N) is 2. The second-order valence-electron chi connectivity index (χ2n) is 7.28. The SMILES string of the molecule is COc1ccc(-n2nnc(C(=O)Nc3ccc(NC(=O)c4ccco4)cc3C(F)(F)F)c2C)cc1. The van der Waals surface area contributed by atoms with Crippen LogP contribution in [0.2, 0.25) is 0 Å². The molecule has 0 spiro atoms. The van der Waals surface area contributed by atoms with Gasteiger partial charge in [-0.3, -0.25) is 9.59 Å². The van der Waals surface area contributed by atoms with Gasteiger partial charge >= 0.3 is 6.18 Å². The first-order chi connectivity index (χ1) is 16.7. The molecule has 0 aliphatic heterocycles. The van der Waals surface area contributed by atoms with E-state index in [0.717, 1.165) is 12.1 Å². The zero-order valence-electron chi connectivity index (χ0n) is 18.4. The van der Waals surface area contributed by atoms with E-state index in [2.05, 4.69) is 20.9 Å². The average Bonchev–Trinajstić information content (AvgIpc) is 3.50. The number of methoxy groups -OCH3 is 1. The van der Waals surface area contributed by atoms with Crippen LogP contribution in [-0.4, -0.2) is 33.9 Å². The predicted octanol–water partition coefficient (Wildman–Crippen LogP) is 4.70. The minimum absolute atomic E-state index is 0.0636. The van der Waals surface area contributed by atoms with Gasteiger partial charge in [-0.15, -0.1) is 5.10 Å². The molecule has 2 N–H and O–H groups in total. The molecule has 0 aliphatic carbocycles. The van der Waals surface area contributed by atoms with Crippen LogP contribution in [0.3, 0.4) is 0 Å². The summed E-state index contributed by atoms with van der Waals surface area (Å²) in [5.41, 5.74) is -1.02. The van der Waals surface area contributed by atoms with Crippen molar-refractivity contribution in [2.75, 3.05) is 17.7 Å². The highest BCUT2D eigenvalue weighted by Gasteiger charge is 2.35. The van der Waals surface area contributed by atoms with Gasteiger partial charge in [-0.25, -0.2) is 4.68 Å². The Labute approximate surface area is 196 Å². The Bertz CT molecular complexity index is 1360. The van der Waals surface area contributed by atoms with Crippen LogP contribution in [0.1, 0.15) is 32.3 Å². The summed E-state index contributed by atoms with van der Waals surface area (Å²) in [6.45, 7) is 1.57. The summed E-state index contributed by atoms with van der Waals surface area (Å²) in [6.07, 6.45) is -3.55. The molecule has 0 saturated heterocycles. The van der Waals surface area contributed by atoms with Gasteiger partial charge < -0.3 is 19.8 Å². The molecule has 2 amide bonds. The molecule has 2 aromatic heterocycles. The molecule has 0 atom stereocenters. The van der Waals surface area contributed by atoms with Gasteiger partial charge in [0.05, 0.1) is 36.0 Å². The molecule has 0 bridgehead atoms. The summed E-state index contributed by atoms with van der Waals surface area (Å²) < 4.78 is 52.6. The van der Waals surface area contributed by atoms with Gasteiger partial charge in [0.15, 0.2) is 11.5 Å². The summed E-state index contributed by atoms with van der Waals surface area (Å²) in [7, 11) is 1.52. The van der Waals surface area contributed by atoms with E-state index in [9.17, 15) is 22.8 Å². The molecule has 4 rings (SSSR count). The topological polar surface area (TPSA) is 111 Å². The molecule has 0 saturated carbocycles. The molecule has 2 aromatic carbocycles. The Morgan fingerprint density at radius 1 is 1.03 bits per heavy atom. The first-order valence-electron chi connectivity index (χ1n) is 10.1. The second kappa shape index (κ2) is 9.33. The molecule has 35 heavy (non-hydrogen) atoms. The Morgan fingerprint density at radius 2 is 1.77 bits per heavy atom. The predicted molar refractivity (Wildman–Crippen MR) is 119 cm³/mol. The first-order valence-corrected chi connectivity index (χ1v) is 10.1. The number of aromatic nitrogens is 3. The minimum atomic E-state index is -4.82. The molecule has 4 aromatic rings. The smallest absolute Gasteiger partial charge is 0.418 e. The number of hydrogen-bond acceptors (Lipinski definition) is 6. The molecular formula is C23H18F3N5O4. The molecule has 0 unspecified atom stereocenters. The van der Waals surface area contributed by atoms with E-state index in [1.807, 2.05) is 0 Å². The van der Waals surface area contributed by atoms with Gasteiger partial charge in [0.1, 0.15) is 5.75 Å². The summed E-state index contributed by atoms with van der Waals surface area (Å²) in [6, 6.07) is 12.6. The molecule has 9 nitrogen and oxygen atoms in total. The molecule has 0 fully saturated rings. The standard InChI is InChI=1S/C23H18F3N5O4/c1-13-20(29-30-31(13)15-6-8-16(34-2)9-7-15)22(33)28-18-10-5-14(12-17(18)23(24,25)26)27-21(32)19-4-3-11-35-19/h3-12H,1-2H3,(H,27,32)(H,28,33). The lowest BCUT2D eigenvalue weighted by Crippen LogP contribution is -2.19. The number of furan rings is 1. The van der Waals surface area contributed by atoms with Gasteiger partial charge in [-0.05, 0) is 61.5 Å². The summed E-state index contributed by atoms with van der Waals surface area (Å²) in [5.74, 6) is -1.04. The first kappa shape index (κ1) is 23.5. The molecular weight excluding hydrogens is 467 g/mol. The summed E-state index contributed by atoms with van der Waals surface area (Å²) in [5, 5.41) is 12.3. The maximum absolute atomic E-state index is 13.7. The maximum Gasteiger partial charge on any atom is 0.418 e. The molecule has 180 valence electrons. The third-order valence-electron chi connectivity index (χ3n) is 5.00. The number of rotatable bonds is 6. The molecule has 2 heterocycles. The number of carbonyl (C=O) groups is 2. The van der Waals surface area contributed by atoms with Crippen molar-refractivity contribution in [1.82, 2.24) is 15.0 Å². The van der Waals surface area contributed by atoms with Crippen LogP contribution in [-0.2, 0) is 6.18 Å². The van der Waals surface area contributed by atoms with Crippen LogP contribution < -0.4 is 15.4 Å². The third kappa shape index (κ3) is 5.00. The van der Waals surface area contributed by atoms with Gasteiger partial charge in [0.25, 0.3) is 11.8 Å². The number of halogens is 3. The van der Waals surface area contributed by atoms with E-state index in [0.29, 0.717) is 17.1 Å². The van der Waals surface area contributed by atoms with Crippen LogP contribution in [0.25, 0.3) is 5.69 Å². The number of benzene rings is 2. The van der Waals surface area contributed by atoms with Crippen molar-refractivity contribution in [3.8, 4) is 11.4 Å². The summed E-state index contributed by atoms with van der Waals surface area (Å²) >= 11 is 0. The van der Waals surface area contributed by atoms with Crippen molar-refractivity contribution in [2.45, 2.75) is 13.1 Å². The Hall–Kier alpha value is -4.61. The van der Waals surface area contributed by atoms with E-state index in [4.69, 9.17) is 9.15 Å². The minimum Gasteiger partial charge on any atom is -0.497 e. The summed E-state index contributed by atoms with van der Waals surface area (Å²) in [4.78, 5) is 24.9. The highest BCUT2D eigenvalue weighted by Crippen LogP contribution is 2.37. The van der Waals surface area contributed by atoms with Crippen molar-refractivity contribution in [3.63, 3.8) is 0 Å². The van der Waals surface area contributed by atoms with E-state index >= 15 is 0 Å². The average molecular weight is 485 g/mol. The lowest BCUT2D eigenvalue weighted by Gasteiger charge is -2.15. The number of carbonyl (C=O) groups excluding carboxylic acids is 2. The molecule has 0 radical (unpaired) electrons. The highest BCUT2D eigenvalue weighted by atomic mass is 19.4. The van der Waals surface area contributed by atoms with Crippen molar-refractivity contribution >= 4 is 23.2 Å². The Kier molecular flexibility index (Phi) is 6.28. The fraction of sp³-hybridized carbons (Fsp3) is 0.130. The number of hydrogen-bond donors (Lipinski definition) is 2. The van der Waals surface area contributed by atoms with Crippen LogP contribution in [0.4, 0.5) is 24.5 Å². The Balaban J connectivity index is 1.58. The largest absolute Gasteiger partial charge is 0.497 e. The quantitative estimate of drug-likeness (QED) is 0.410. The van der Waals surface area contributed by atoms with E-state index in [-0.39, 0.29) is 17.1 Å². The molecule has 0 aliphatic rings. The van der Waals surface area contributed by atoms with Gasteiger partial charge in [0, 0.05) is 5.69 Å². The number of nitrogens with zero attached hydrogens (tertiary/aromatic N) is 3.